The van der Waals surface area contributed by atoms with Crippen LogP contribution in [0.25, 0.3) is 33.5 Å². The number of anilines is 1. The molecule has 0 amide bonds. The van der Waals surface area contributed by atoms with Gasteiger partial charge in [0.2, 0.25) is 5.89 Å². The summed E-state index contributed by atoms with van der Waals surface area (Å²) in [6.45, 7) is 0. The Morgan fingerprint density at radius 2 is 1.74 bits per heavy atom. The largest absolute Gasteiger partial charge is 0.497 e. The van der Waals surface area contributed by atoms with Crippen LogP contribution in [0.3, 0.4) is 0 Å². The van der Waals surface area contributed by atoms with Crippen molar-refractivity contribution in [3.05, 3.63) is 79.0 Å². The monoisotopic (exact) mass is 431 g/mol. The zero-order chi connectivity index (χ0) is 21.4. The maximum absolute atomic E-state index is 12.9. The first kappa shape index (κ1) is 19.1. The third-order valence-electron chi connectivity index (χ3n) is 4.91. The number of hydrogen-bond donors (Lipinski definition) is 1. The molecule has 0 fully saturated rings. The Morgan fingerprint density at radius 1 is 0.935 bits per heavy atom. The zero-order valence-corrected chi connectivity index (χ0v) is 17.3. The molecule has 2 aromatic heterocycles. The summed E-state index contributed by atoms with van der Waals surface area (Å²) in [4.78, 5) is 9.08. The topological polar surface area (TPSA) is 94.3 Å². The Hall–Kier alpha value is -3.91. The number of nitrogens with one attached hydrogen (secondary N) is 1. The Labute approximate surface area is 178 Å². The number of hydrogen-bond acceptors (Lipinski definition) is 6. The summed E-state index contributed by atoms with van der Waals surface area (Å²) >= 11 is 0. The van der Waals surface area contributed by atoms with E-state index in [1.807, 2.05) is 30.3 Å². The lowest BCUT2D eigenvalue weighted by Gasteiger charge is -2.08. The molecule has 0 aliphatic heterocycles. The lowest BCUT2D eigenvalue weighted by Crippen LogP contribution is -2.13. The van der Waals surface area contributed by atoms with Gasteiger partial charge in [-0.2, -0.15) is 0 Å². The van der Waals surface area contributed by atoms with Crippen molar-refractivity contribution in [2.45, 2.75) is 4.90 Å². The Balaban J connectivity index is 1.57. The van der Waals surface area contributed by atoms with E-state index in [1.54, 1.807) is 36.5 Å². The first-order valence-corrected chi connectivity index (χ1v) is 10.9. The van der Waals surface area contributed by atoms with Crippen LogP contribution >= 0.6 is 0 Å². The van der Waals surface area contributed by atoms with E-state index in [0.29, 0.717) is 28.4 Å². The molecule has 154 valence electrons. The molecule has 0 unspecified atom stereocenters. The van der Waals surface area contributed by atoms with Crippen LogP contribution in [0.2, 0.25) is 0 Å². The van der Waals surface area contributed by atoms with Gasteiger partial charge in [0.1, 0.15) is 11.3 Å². The highest BCUT2D eigenvalue weighted by atomic mass is 32.2. The molecule has 0 saturated carbocycles. The van der Waals surface area contributed by atoms with Crippen LogP contribution in [-0.2, 0) is 10.0 Å². The van der Waals surface area contributed by atoms with E-state index in [4.69, 9.17) is 9.15 Å². The molecule has 0 atom stereocenters. The summed E-state index contributed by atoms with van der Waals surface area (Å²) in [5, 5.41) is 0.900. The molecule has 31 heavy (non-hydrogen) atoms. The van der Waals surface area contributed by atoms with E-state index in [9.17, 15) is 8.42 Å². The highest BCUT2D eigenvalue weighted by Gasteiger charge is 2.19. The van der Waals surface area contributed by atoms with Gasteiger partial charge in [0.15, 0.2) is 5.58 Å². The minimum absolute atomic E-state index is 0.120. The maximum atomic E-state index is 12.9. The molecule has 0 aliphatic carbocycles. The number of fused-ring (bicyclic) bond motifs is 2. The fraction of sp³-hybridized carbons (Fsp3) is 0.0435. The van der Waals surface area contributed by atoms with Crippen molar-refractivity contribution < 1.29 is 17.6 Å². The summed E-state index contributed by atoms with van der Waals surface area (Å²) in [6, 6.07) is 20.8. The maximum Gasteiger partial charge on any atom is 0.261 e. The van der Waals surface area contributed by atoms with E-state index in [0.717, 1.165) is 16.5 Å². The van der Waals surface area contributed by atoms with Gasteiger partial charge >= 0.3 is 0 Å². The lowest BCUT2D eigenvalue weighted by atomic mass is 10.1. The average molecular weight is 431 g/mol. The second-order valence-corrected chi connectivity index (χ2v) is 8.51. The number of aromatic nitrogens is 2. The molecule has 5 aromatic rings. The minimum atomic E-state index is -3.82. The number of para-hydroxylation sites is 2. The van der Waals surface area contributed by atoms with Crippen LogP contribution < -0.4 is 9.46 Å². The Bertz CT molecular complexity index is 1500. The number of oxazole rings is 1. The summed E-state index contributed by atoms with van der Waals surface area (Å²) in [6.07, 6.45) is 1.69. The smallest absolute Gasteiger partial charge is 0.261 e. The first-order chi connectivity index (χ1) is 15.0. The fourth-order valence-corrected chi connectivity index (χ4v) is 4.45. The molecule has 0 aliphatic rings. The van der Waals surface area contributed by atoms with E-state index >= 15 is 0 Å². The normalized spacial score (nSPS) is 11.6. The molecule has 0 radical (unpaired) electrons. The number of rotatable bonds is 5. The van der Waals surface area contributed by atoms with Crippen LogP contribution in [0.1, 0.15) is 0 Å². The van der Waals surface area contributed by atoms with Crippen LogP contribution in [0.4, 0.5) is 5.69 Å². The van der Waals surface area contributed by atoms with Crippen molar-refractivity contribution in [3.8, 4) is 17.2 Å². The highest BCUT2D eigenvalue weighted by molar-refractivity contribution is 7.92. The summed E-state index contributed by atoms with van der Waals surface area (Å²) in [7, 11) is -2.29. The average Bonchev–Trinajstić information content (AvgIpc) is 3.24. The SMILES string of the molecule is COc1ccc(S(=O)(=O)Nc2cccc3oc(-c4ccnc5ccccc45)nc23)cc1. The molecule has 0 spiro atoms. The number of nitrogens with zero attached hydrogens (tertiary/aromatic N) is 2. The molecule has 3 aromatic carbocycles. The summed E-state index contributed by atoms with van der Waals surface area (Å²) in [5.41, 5.74) is 2.84. The van der Waals surface area contributed by atoms with Gasteiger partial charge in [-0.1, -0.05) is 24.3 Å². The number of sulfonamides is 1. The van der Waals surface area contributed by atoms with Gasteiger partial charge in [0.05, 0.1) is 23.2 Å². The van der Waals surface area contributed by atoms with E-state index < -0.39 is 10.0 Å². The molecule has 8 heteroatoms. The van der Waals surface area contributed by atoms with Gasteiger partial charge in [0.25, 0.3) is 10.0 Å². The third kappa shape index (κ3) is 3.47. The Kier molecular flexibility index (Phi) is 4.56. The van der Waals surface area contributed by atoms with Crippen molar-refractivity contribution in [1.82, 2.24) is 9.97 Å². The number of pyridine rings is 1. The molecular weight excluding hydrogens is 414 g/mol. The van der Waals surface area contributed by atoms with Crippen LogP contribution in [-0.4, -0.2) is 25.5 Å². The minimum Gasteiger partial charge on any atom is -0.497 e. The van der Waals surface area contributed by atoms with Crippen molar-refractivity contribution in [2.24, 2.45) is 0 Å². The molecule has 5 rings (SSSR count). The standard InChI is InChI=1S/C23H17N3O4S/c1-29-15-9-11-16(12-10-15)31(27,28)26-20-7-4-8-21-22(20)25-23(30-21)18-13-14-24-19-6-3-2-5-17(18)19/h2-14,26H,1H3. The van der Waals surface area contributed by atoms with Crippen molar-refractivity contribution in [3.63, 3.8) is 0 Å². The van der Waals surface area contributed by atoms with Gasteiger partial charge in [-0.05, 0) is 48.5 Å². The number of benzene rings is 3. The molecule has 7 nitrogen and oxygen atoms in total. The van der Waals surface area contributed by atoms with Crippen molar-refractivity contribution in [2.75, 3.05) is 11.8 Å². The predicted octanol–water partition coefficient (Wildman–Crippen LogP) is 4.85. The lowest BCUT2D eigenvalue weighted by molar-refractivity contribution is 0.414. The number of ether oxygens (including phenoxy) is 1. The second kappa shape index (κ2) is 7.41. The summed E-state index contributed by atoms with van der Waals surface area (Å²) in [5.74, 6) is 0.969. The van der Waals surface area contributed by atoms with Crippen LogP contribution in [0.15, 0.2) is 88.3 Å². The number of methoxy groups -OCH3 is 1. The summed E-state index contributed by atoms with van der Waals surface area (Å²) < 4.78 is 39.4. The third-order valence-corrected chi connectivity index (χ3v) is 6.29. The van der Waals surface area contributed by atoms with E-state index in [-0.39, 0.29) is 4.90 Å². The van der Waals surface area contributed by atoms with Crippen LogP contribution in [0, 0.1) is 0 Å². The van der Waals surface area contributed by atoms with Gasteiger partial charge in [-0.3, -0.25) is 9.71 Å². The molecule has 0 saturated heterocycles. The first-order valence-electron chi connectivity index (χ1n) is 9.46. The fourth-order valence-electron chi connectivity index (χ4n) is 3.39. The predicted molar refractivity (Wildman–Crippen MR) is 119 cm³/mol. The molecule has 0 bridgehead atoms. The second-order valence-electron chi connectivity index (χ2n) is 6.83. The van der Waals surface area contributed by atoms with Crippen molar-refractivity contribution in [1.29, 1.82) is 0 Å². The highest BCUT2D eigenvalue weighted by Crippen LogP contribution is 2.33. The van der Waals surface area contributed by atoms with Crippen LogP contribution in [0.5, 0.6) is 5.75 Å². The van der Waals surface area contributed by atoms with Crippen molar-refractivity contribution >= 4 is 37.7 Å². The van der Waals surface area contributed by atoms with Gasteiger partial charge in [-0.25, -0.2) is 13.4 Å². The molecule has 2 heterocycles. The van der Waals surface area contributed by atoms with Gasteiger partial charge < -0.3 is 9.15 Å². The van der Waals surface area contributed by atoms with E-state index in [2.05, 4.69) is 14.7 Å². The molecular formula is C23H17N3O4S. The van der Waals surface area contributed by atoms with E-state index in [1.165, 1.54) is 19.2 Å². The zero-order valence-electron chi connectivity index (χ0n) is 16.4. The quantitative estimate of drug-likeness (QED) is 0.427. The van der Waals surface area contributed by atoms with Gasteiger partial charge in [0, 0.05) is 17.1 Å². The molecule has 1 N–H and O–H groups in total. The Morgan fingerprint density at radius 3 is 2.55 bits per heavy atom. The van der Waals surface area contributed by atoms with Gasteiger partial charge in [-0.15, -0.1) is 0 Å².